The number of hydrogen-bond donors (Lipinski definition) is 0. The van der Waals surface area contributed by atoms with Crippen LogP contribution in [0.15, 0.2) is 48.6 Å². The van der Waals surface area contributed by atoms with Gasteiger partial charge in [0.05, 0.1) is 32.0 Å². The molecule has 2 heterocycles. The highest BCUT2D eigenvalue weighted by Crippen LogP contribution is 2.40. The van der Waals surface area contributed by atoms with E-state index >= 15 is 0 Å². The molecule has 3 unspecified atom stereocenters. The summed E-state index contributed by atoms with van der Waals surface area (Å²) in [6.45, 7) is 5.34. The summed E-state index contributed by atoms with van der Waals surface area (Å²) in [6.07, 6.45) is 4.93. The number of rotatable bonds is 5. The molecule has 0 amide bonds. The van der Waals surface area contributed by atoms with E-state index in [-0.39, 0.29) is 24.3 Å². The highest BCUT2D eigenvalue weighted by molar-refractivity contribution is 6.31. The van der Waals surface area contributed by atoms with Crippen LogP contribution in [-0.2, 0) is 25.4 Å². The second-order valence-corrected chi connectivity index (χ2v) is 8.91. The standard InChI is InChI=1S/C27H31ClO6/c1-3-31-21-8-6-19(7-9-21)12-20-13-24-26(16-25(20)28)32-11-5-4-10-30-17-23-14-22(33-18(2)29)15-27(24)34-23/h4-9,13,16,22-23,27H,3,10-12,14-15,17H2,1-2H3/b5-4-. The molecule has 0 spiro atoms. The van der Waals surface area contributed by atoms with Crippen molar-refractivity contribution in [3.8, 4) is 11.5 Å². The molecule has 2 aliphatic rings. The van der Waals surface area contributed by atoms with E-state index < -0.39 is 0 Å². The van der Waals surface area contributed by atoms with Gasteiger partial charge < -0.3 is 23.7 Å². The van der Waals surface area contributed by atoms with E-state index in [9.17, 15) is 4.79 Å². The van der Waals surface area contributed by atoms with Crippen molar-refractivity contribution in [2.45, 2.75) is 51.4 Å². The van der Waals surface area contributed by atoms with Crippen LogP contribution in [0.2, 0.25) is 5.02 Å². The second-order valence-electron chi connectivity index (χ2n) is 8.50. The molecule has 2 aromatic carbocycles. The number of benzene rings is 2. The third-order valence-corrected chi connectivity index (χ3v) is 6.22. The predicted octanol–water partition coefficient (Wildman–Crippen LogP) is 5.45. The molecular weight excluding hydrogens is 456 g/mol. The zero-order valence-electron chi connectivity index (χ0n) is 19.6. The maximum atomic E-state index is 11.7. The van der Waals surface area contributed by atoms with Crippen molar-refractivity contribution < 1.29 is 28.5 Å². The Hall–Kier alpha value is -2.54. The Balaban J connectivity index is 1.65. The molecule has 34 heavy (non-hydrogen) atoms. The van der Waals surface area contributed by atoms with E-state index in [1.54, 1.807) is 0 Å². The topological polar surface area (TPSA) is 63.2 Å². The van der Waals surface area contributed by atoms with Gasteiger partial charge in [0.2, 0.25) is 0 Å². The van der Waals surface area contributed by atoms with E-state index in [0.29, 0.717) is 56.5 Å². The van der Waals surface area contributed by atoms with E-state index in [0.717, 1.165) is 22.4 Å². The number of esters is 1. The first-order valence-corrected chi connectivity index (χ1v) is 12.1. The van der Waals surface area contributed by atoms with Gasteiger partial charge in [0.25, 0.3) is 0 Å². The smallest absolute Gasteiger partial charge is 0.302 e. The third-order valence-electron chi connectivity index (χ3n) is 5.87. The molecule has 0 aromatic heterocycles. The average molecular weight is 487 g/mol. The number of fused-ring (bicyclic) bond motifs is 4. The lowest BCUT2D eigenvalue weighted by Crippen LogP contribution is -2.36. The summed E-state index contributed by atoms with van der Waals surface area (Å²) in [4.78, 5) is 11.7. The van der Waals surface area contributed by atoms with Crippen LogP contribution < -0.4 is 9.47 Å². The SMILES string of the molecule is CCOc1ccc(Cc2cc3c(cc2Cl)OC/C=C\COCC2CC(OC(C)=O)CC3O2)cc1. The Kier molecular flexibility index (Phi) is 8.48. The number of carbonyl (C=O) groups is 1. The molecule has 4 rings (SSSR count). The lowest BCUT2D eigenvalue weighted by molar-refractivity contribution is -0.164. The molecule has 2 bridgehead atoms. The van der Waals surface area contributed by atoms with E-state index in [4.69, 9.17) is 35.3 Å². The molecule has 3 atom stereocenters. The van der Waals surface area contributed by atoms with Gasteiger partial charge in [0.1, 0.15) is 24.2 Å². The molecular formula is C27H31ClO6. The summed E-state index contributed by atoms with van der Waals surface area (Å²) in [7, 11) is 0. The normalized spacial score (nSPS) is 23.4. The van der Waals surface area contributed by atoms with Crippen LogP contribution in [-0.4, -0.2) is 44.6 Å². The molecule has 7 heteroatoms. The lowest BCUT2D eigenvalue weighted by Gasteiger charge is -2.36. The van der Waals surface area contributed by atoms with Gasteiger partial charge in [-0.3, -0.25) is 4.79 Å². The Morgan fingerprint density at radius 1 is 1.12 bits per heavy atom. The van der Waals surface area contributed by atoms with Gasteiger partial charge in [-0.05, 0) is 54.8 Å². The fourth-order valence-electron chi connectivity index (χ4n) is 4.37. The molecule has 0 N–H and O–H groups in total. The van der Waals surface area contributed by atoms with Gasteiger partial charge in [-0.25, -0.2) is 0 Å². The molecule has 2 aliphatic heterocycles. The lowest BCUT2D eigenvalue weighted by atomic mass is 9.93. The number of hydrogen-bond acceptors (Lipinski definition) is 6. The maximum Gasteiger partial charge on any atom is 0.302 e. The minimum absolute atomic E-state index is 0.186. The van der Waals surface area contributed by atoms with Crippen molar-refractivity contribution in [3.63, 3.8) is 0 Å². The first kappa shape index (κ1) is 24.6. The zero-order valence-corrected chi connectivity index (χ0v) is 20.4. The van der Waals surface area contributed by atoms with Crippen molar-refractivity contribution >= 4 is 17.6 Å². The van der Waals surface area contributed by atoms with Gasteiger partial charge in [-0.2, -0.15) is 0 Å². The van der Waals surface area contributed by atoms with Crippen LogP contribution in [0.25, 0.3) is 0 Å². The van der Waals surface area contributed by atoms with Crippen LogP contribution >= 0.6 is 11.6 Å². The van der Waals surface area contributed by atoms with Gasteiger partial charge in [0, 0.05) is 30.4 Å². The molecule has 0 saturated carbocycles. The van der Waals surface area contributed by atoms with Crippen molar-refractivity contribution in [1.82, 2.24) is 0 Å². The summed E-state index contributed by atoms with van der Waals surface area (Å²) in [5.41, 5.74) is 3.00. The highest BCUT2D eigenvalue weighted by Gasteiger charge is 2.34. The van der Waals surface area contributed by atoms with E-state index in [2.05, 4.69) is 6.07 Å². The Labute approximate surface area is 205 Å². The number of halogens is 1. The average Bonchev–Trinajstić information content (AvgIpc) is 2.80. The first-order valence-electron chi connectivity index (χ1n) is 11.7. The predicted molar refractivity (Wildman–Crippen MR) is 130 cm³/mol. The van der Waals surface area contributed by atoms with Crippen LogP contribution in [0.5, 0.6) is 11.5 Å². The number of ether oxygens (including phenoxy) is 5. The molecule has 0 aliphatic carbocycles. The highest BCUT2D eigenvalue weighted by atomic mass is 35.5. The maximum absolute atomic E-state index is 11.7. The van der Waals surface area contributed by atoms with Crippen molar-refractivity contribution in [2.75, 3.05) is 26.4 Å². The summed E-state index contributed by atoms with van der Waals surface area (Å²) in [5.74, 6) is 1.23. The van der Waals surface area contributed by atoms with Crippen LogP contribution in [0.1, 0.15) is 49.5 Å². The monoisotopic (exact) mass is 486 g/mol. The molecule has 6 nitrogen and oxygen atoms in total. The second kappa shape index (κ2) is 11.7. The molecule has 1 saturated heterocycles. The third kappa shape index (κ3) is 6.53. The quantitative estimate of drug-likeness (QED) is 0.414. The van der Waals surface area contributed by atoms with Gasteiger partial charge in [0.15, 0.2) is 0 Å². The summed E-state index contributed by atoms with van der Waals surface area (Å²) >= 11 is 6.70. The van der Waals surface area contributed by atoms with Gasteiger partial charge >= 0.3 is 5.97 Å². The van der Waals surface area contributed by atoms with Crippen LogP contribution in [0.3, 0.4) is 0 Å². The Bertz CT molecular complexity index is 1000. The van der Waals surface area contributed by atoms with Gasteiger partial charge in [-0.1, -0.05) is 29.8 Å². The summed E-state index contributed by atoms with van der Waals surface area (Å²) < 4.78 is 29.3. The summed E-state index contributed by atoms with van der Waals surface area (Å²) in [6, 6.07) is 11.9. The van der Waals surface area contributed by atoms with Crippen molar-refractivity contribution in [1.29, 1.82) is 0 Å². The van der Waals surface area contributed by atoms with Crippen molar-refractivity contribution in [2.24, 2.45) is 0 Å². The minimum atomic E-state index is -0.304. The Morgan fingerprint density at radius 3 is 2.68 bits per heavy atom. The van der Waals surface area contributed by atoms with Crippen LogP contribution in [0, 0.1) is 0 Å². The fourth-order valence-corrected chi connectivity index (χ4v) is 4.59. The number of carbonyl (C=O) groups excluding carboxylic acids is 1. The summed E-state index contributed by atoms with van der Waals surface area (Å²) in [5, 5.41) is 0.635. The van der Waals surface area contributed by atoms with Crippen molar-refractivity contribution in [3.05, 3.63) is 70.3 Å². The minimum Gasteiger partial charge on any atom is -0.494 e. The molecule has 1 fully saturated rings. The molecule has 182 valence electrons. The largest absolute Gasteiger partial charge is 0.494 e. The van der Waals surface area contributed by atoms with E-state index in [1.165, 1.54) is 6.92 Å². The Morgan fingerprint density at radius 2 is 1.91 bits per heavy atom. The fraction of sp³-hybridized carbons (Fsp3) is 0.444. The van der Waals surface area contributed by atoms with E-state index in [1.807, 2.05) is 49.4 Å². The first-order chi connectivity index (χ1) is 16.5. The van der Waals surface area contributed by atoms with Crippen LogP contribution in [0.4, 0.5) is 0 Å². The molecule has 2 aromatic rings. The molecule has 0 radical (unpaired) electrons. The van der Waals surface area contributed by atoms with Gasteiger partial charge in [-0.15, -0.1) is 0 Å². The zero-order chi connectivity index (χ0) is 23.9.